The molecule has 0 bridgehead atoms. The molecule has 0 aliphatic carbocycles. The van der Waals surface area contributed by atoms with Crippen LogP contribution in [-0.2, 0) is 11.2 Å². The number of aliphatic carboxylic acids is 1. The maximum Gasteiger partial charge on any atom is 0.313 e. The lowest BCUT2D eigenvalue weighted by molar-refractivity contribution is -0.133. The van der Waals surface area contributed by atoms with Gasteiger partial charge in [0.1, 0.15) is 11.4 Å². The van der Waals surface area contributed by atoms with Crippen molar-refractivity contribution in [2.24, 2.45) is 5.92 Å². The molecule has 0 aliphatic rings. The molecule has 0 amide bonds. The van der Waals surface area contributed by atoms with Crippen LogP contribution in [0.1, 0.15) is 19.5 Å². The van der Waals surface area contributed by atoms with Gasteiger partial charge in [0.2, 0.25) is 0 Å². The Hall–Kier alpha value is -1.89. The number of carbonyl (C=O) groups is 1. The number of nitrogens with zero attached hydrogens (tertiary/aromatic N) is 4. The zero-order valence-electron chi connectivity index (χ0n) is 11.4. The molecular weight excluding hydrogens is 276 g/mol. The smallest absolute Gasteiger partial charge is 0.313 e. The fourth-order valence-corrected chi connectivity index (χ4v) is 2.49. The quantitative estimate of drug-likeness (QED) is 0.821. The van der Waals surface area contributed by atoms with Crippen molar-refractivity contribution in [1.29, 1.82) is 0 Å². The third-order valence-electron chi connectivity index (χ3n) is 2.47. The SMILES string of the molecule is CC(C)Cc1cc(SCC(=O)O)n(-c2ccncn2)n1. The molecule has 6 nitrogen and oxygen atoms in total. The van der Waals surface area contributed by atoms with E-state index < -0.39 is 5.97 Å². The van der Waals surface area contributed by atoms with E-state index in [2.05, 4.69) is 28.9 Å². The number of carboxylic acids is 1. The second kappa shape index (κ2) is 6.51. The van der Waals surface area contributed by atoms with Crippen LogP contribution in [0.5, 0.6) is 0 Å². The van der Waals surface area contributed by atoms with Gasteiger partial charge >= 0.3 is 5.97 Å². The molecule has 0 spiro atoms. The maximum atomic E-state index is 10.7. The highest BCUT2D eigenvalue weighted by Gasteiger charge is 2.13. The lowest BCUT2D eigenvalue weighted by Gasteiger charge is -2.04. The Bertz CT molecular complexity index is 583. The molecule has 0 aromatic carbocycles. The molecule has 0 aliphatic heterocycles. The predicted octanol–water partition coefficient (Wildman–Crippen LogP) is 2.04. The topological polar surface area (TPSA) is 80.9 Å². The minimum atomic E-state index is -0.851. The number of hydrogen-bond acceptors (Lipinski definition) is 5. The van der Waals surface area contributed by atoms with E-state index in [1.54, 1.807) is 16.9 Å². The Kier molecular flexibility index (Phi) is 4.73. The highest BCUT2D eigenvalue weighted by molar-refractivity contribution is 7.99. The number of hydrogen-bond donors (Lipinski definition) is 1. The van der Waals surface area contributed by atoms with Crippen molar-refractivity contribution in [2.45, 2.75) is 25.3 Å². The first-order valence-corrected chi connectivity index (χ1v) is 7.24. The van der Waals surface area contributed by atoms with Crippen LogP contribution in [0.2, 0.25) is 0 Å². The third-order valence-corrected chi connectivity index (χ3v) is 3.45. The van der Waals surface area contributed by atoms with Crippen molar-refractivity contribution in [3.63, 3.8) is 0 Å². The van der Waals surface area contributed by atoms with Crippen molar-refractivity contribution in [3.05, 3.63) is 30.4 Å². The van der Waals surface area contributed by atoms with Crippen LogP contribution in [0.3, 0.4) is 0 Å². The number of carboxylic acid groups (broad SMARTS) is 1. The van der Waals surface area contributed by atoms with Gasteiger partial charge in [-0.2, -0.15) is 5.10 Å². The molecule has 0 fully saturated rings. The van der Waals surface area contributed by atoms with Gasteiger partial charge in [-0.25, -0.2) is 14.6 Å². The first-order chi connectivity index (χ1) is 9.56. The lowest BCUT2D eigenvalue weighted by Crippen LogP contribution is -2.04. The Morgan fingerprint density at radius 3 is 2.90 bits per heavy atom. The summed E-state index contributed by atoms with van der Waals surface area (Å²) in [5, 5.41) is 14.1. The highest BCUT2D eigenvalue weighted by Crippen LogP contribution is 2.23. The molecule has 2 aromatic heterocycles. The zero-order valence-corrected chi connectivity index (χ0v) is 12.2. The summed E-state index contributed by atoms with van der Waals surface area (Å²) >= 11 is 1.24. The molecule has 7 heteroatoms. The molecule has 0 radical (unpaired) electrons. The molecule has 0 saturated carbocycles. The minimum Gasteiger partial charge on any atom is -0.481 e. The van der Waals surface area contributed by atoms with E-state index in [0.29, 0.717) is 11.7 Å². The number of thioether (sulfide) groups is 1. The summed E-state index contributed by atoms with van der Waals surface area (Å²) in [6.07, 6.45) is 3.93. The van der Waals surface area contributed by atoms with Gasteiger partial charge in [0.15, 0.2) is 5.82 Å². The normalized spacial score (nSPS) is 10.9. The average Bonchev–Trinajstić information content (AvgIpc) is 2.79. The zero-order chi connectivity index (χ0) is 14.5. The van der Waals surface area contributed by atoms with Crippen LogP contribution < -0.4 is 0 Å². The summed E-state index contributed by atoms with van der Waals surface area (Å²) in [6.45, 7) is 4.24. The third kappa shape index (κ3) is 3.80. The van der Waals surface area contributed by atoms with Gasteiger partial charge in [-0.3, -0.25) is 4.79 Å². The molecule has 2 rings (SSSR count). The van der Waals surface area contributed by atoms with E-state index in [0.717, 1.165) is 17.1 Å². The van der Waals surface area contributed by atoms with Crippen LogP contribution in [0.15, 0.2) is 29.7 Å². The fourth-order valence-electron chi connectivity index (χ4n) is 1.74. The molecule has 106 valence electrons. The van der Waals surface area contributed by atoms with Gasteiger partial charge in [-0.05, 0) is 18.4 Å². The highest BCUT2D eigenvalue weighted by atomic mass is 32.2. The van der Waals surface area contributed by atoms with Crippen molar-refractivity contribution in [1.82, 2.24) is 19.7 Å². The van der Waals surface area contributed by atoms with Gasteiger partial charge in [0, 0.05) is 12.3 Å². The molecule has 0 saturated heterocycles. The molecule has 0 atom stereocenters. The van der Waals surface area contributed by atoms with Gasteiger partial charge in [0.25, 0.3) is 0 Å². The van der Waals surface area contributed by atoms with E-state index in [4.69, 9.17) is 5.11 Å². The van der Waals surface area contributed by atoms with E-state index in [1.807, 2.05) is 6.07 Å². The molecule has 1 N–H and O–H groups in total. The summed E-state index contributed by atoms with van der Waals surface area (Å²) in [4.78, 5) is 18.8. The maximum absolute atomic E-state index is 10.7. The van der Waals surface area contributed by atoms with Crippen LogP contribution >= 0.6 is 11.8 Å². The second-order valence-corrected chi connectivity index (χ2v) is 5.73. The van der Waals surface area contributed by atoms with Crippen LogP contribution in [0.4, 0.5) is 0 Å². The minimum absolute atomic E-state index is 0.00209. The molecule has 0 unspecified atom stereocenters. The lowest BCUT2D eigenvalue weighted by atomic mass is 10.1. The van der Waals surface area contributed by atoms with Gasteiger partial charge < -0.3 is 5.11 Å². The summed E-state index contributed by atoms with van der Waals surface area (Å²) in [5.74, 6) is 0.276. The van der Waals surface area contributed by atoms with Crippen molar-refractivity contribution in [2.75, 3.05) is 5.75 Å². The Morgan fingerprint density at radius 1 is 1.50 bits per heavy atom. The average molecular weight is 292 g/mol. The number of rotatable bonds is 6. The Balaban J connectivity index is 2.31. The molecule has 20 heavy (non-hydrogen) atoms. The second-order valence-electron chi connectivity index (χ2n) is 4.73. The van der Waals surface area contributed by atoms with E-state index in [9.17, 15) is 4.79 Å². The van der Waals surface area contributed by atoms with E-state index in [-0.39, 0.29) is 5.75 Å². The van der Waals surface area contributed by atoms with Crippen molar-refractivity contribution >= 4 is 17.7 Å². The first kappa shape index (κ1) is 14.5. The van der Waals surface area contributed by atoms with Crippen LogP contribution in [-0.4, -0.2) is 36.6 Å². The van der Waals surface area contributed by atoms with Crippen molar-refractivity contribution in [3.8, 4) is 5.82 Å². The van der Waals surface area contributed by atoms with Gasteiger partial charge in [-0.1, -0.05) is 25.6 Å². The van der Waals surface area contributed by atoms with E-state index in [1.165, 1.54) is 18.1 Å². The summed E-state index contributed by atoms with van der Waals surface area (Å²) in [6, 6.07) is 3.67. The molecular formula is C13H16N4O2S. The van der Waals surface area contributed by atoms with Gasteiger partial charge in [-0.15, -0.1) is 0 Å². The summed E-state index contributed by atoms with van der Waals surface area (Å²) < 4.78 is 1.67. The monoisotopic (exact) mass is 292 g/mol. The number of aromatic nitrogens is 4. The fraction of sp³-hybridized carbons (Fsp3) is 0.385. The summed E-state index contributed by atoms with van der Waals surface area (Å²) in [5.41, 5.74) is 0.937. The van der Waals surface area contributed by atoms with Crippen molar-refractivity contribution < 1.29 is 9.90 Å². The predicted molar refractivity (Wildman–Crippen MR) is 76.1 cm³/mol. The van der Waals surface area contributed by atoms with Crippen LogP contribution in [0, 0.1) is 5.92 Å². The van der Waals surface area contributed by atoms with Crippen LogP contribution in [0.25, 0.3) is 5.82 Å². The Morgan fingerprint density at radius 2 is 2.30 bits per heavy atom. The first-order valence-electron chi connectivity index (χ1n) is 6.26. The summed E-state index contributed by atoms with van der Waals surface area (Å²) in [7, 11) is 0. The largest absolute Gasteiger partial charge is 0.481 e. The van der Waals surface area contributed by atoms with E-state index >= 15 is 0 Å². The molecule has 2 heterocycles. The standard InChI is InChI=1S/C13H16N4O2S/c1-9(2)5-10-6-12(20-7-13(18)19)17(16-10)11-3-4-14-8-15-11/h3-4,6,8-9H,5,7H2,1-2H3,(H,18,19). The molecule has 2 aromatic rings. The van der Waals surface area contributed by atoms with Gasteiger partial charge in [0.05, 0.1) is 11.4 Å². The Labute approximate surface area is 121 Å².